The molecule has 17 heavy (non-hydrogen) atoms. The Bertz CT molecular complexity index is 339. The summed E-state index contributed by atoms with van der Waals surface area (Å²) < 4.78 is 0. The van der Waals surface area contributed by atoms with E-state index in [0.29, 0.717) is 0 Å². The topological polar surface area (TPSA) is 43.7 Å². The molecule has 3 nitrogen and oxygen atoms in total. The van der Waals surface area contributed by atoms with E-state index < -0.39 is 0 Å². The van der Waals surface area contributed by atoms with Crippen molar-refractivity contribution in [3.8, 4) is 11.5 Å². The molecule has 0 aliphatic heterocycles. The molecule has 1 aromatic rings. The first kappa shape index (κ1) is 13.8. The third-order valence-corrected chi connectivity index (χ3v) is 3.03. The summed E-state index contributed by atoms with van der Waals surface area (Å²) in [7, 11) is 0. The monoisotopic (exact) mass is 237 g/mol. The molecular formula is C14H23NO2. The Kier molecular flexibility index (Phi) is 5.84. The van der Waals surface area contributed by atoms with Gasteiger partial charge in [-0.1, -0.05) is 26.3 Å². The van der Waals surface area contributed by atoms with E-state index in [-0.39, 0.29) is 11.5 Å². The van der Waals surface area contributed by atoms with Crippen LogP contribution in [0.2, 0.25) is 0 Å². The van der Waals surface area contributed by atoms with Crippen LogP contribution in [-0.2, 0) is 6.42 Å². The summed E-state index contributed by atoms with van der Waals surface area (Å²) in [6.07, 6.45) is 3.36. The fourth-order valence-corrected chi connectivity index (χ4v) is 1.82. The first-order chi connectivity index (χ1) is 8.17. The lowest BCUT2D eigenvalue weighted by atomic mass is 10.1. The van der Waals surface area contributed by atoms with E-state index in [9.17, 15) is 10.2 Å². The second kappa shape index (κ2) is 7.17. The van der Waals surface area contributed by atoms with Crippen LogP contribution in [0.1, 0.15) is 32.3 Å². The fourth-order valence-electron chi connectivity index (χ4n) is 1.82. The maximum absolute atomic E-state index is 9.40. The molecule has 0 fully saturated rings. The highest BCUT2D eigenvalue weighted by Crippen LogP contribution is 2.25. The molecule has 2 N–H and O–H groups in total. The molecule has 1 aromatic carbocycles. The number of phenols is 2. The molecule has 0 spiro atoms. The Balaban J connectivity index is 2.45. The molecule has 0 aliphatic rings. The second-order valence-electron chi connectivity index (χ2n) is 4.36. The minimum atomic E-state index is -0.0490. The number of hydrogen-bond acceptors (Lipinski definition) is 3. The van der Waals surface area contributed by atoms with Gasteiger partial charge in [-0.25, -0.2) is 0 Å². The zero-order valence-corrected chi connectivity index (χ0v) is 10.8. The maximum atomic E-state index is 9.40. The summed E-state index contributed by atoms with van der Waals surface area (Å²) in [4.78, 5) is 2.41. The highest BCUT2D eigenvalue weighted by molar-refractivity contribution is 5.40. The smallest absolute Gasteiger partial charge is 0.157 e. The van der Waals surface area contributed by atoms with E-state index in [0.717, 1.165) is 31.6 Å². The van der Waals surface area contributed by atoms with E-state index in [1.165, 1.54) is 12.8 Å². The van der Waals surface area contributed by atoms with Gasteiger partial charge in [0.25, 0.3) is 0 Å². The zero-order valence-electron chi connectivity index (χ0n) is 10.8. The molecule has 0 heterocycles. The zero-order chi connectivity index (χ0) is 12.7. The maximum Gasteiger partial charge on any atom is 0.157 e. The quantitative estimate of drug-likeness (QED) is 0.717. The Morgan fingerprint density at radius 1 is 1.06 bits per heavy atom. The van der Waals surface area contributed by atoms with E-state index in [2.05, 4.69) is 18.7 Å². The normalized spacial score (nSPS) is 11.0. The summed E-state index contributed by atoms with van der Waals surface area (Å²) in [5.41, 5.74) is 1.07. The van der Waals surface area contributed by atoms with Crippen molar-refractivity contribution in [3.63, 3.8) is 0 Å². The predicted molar refractivity (Wildman–Crippen MR) is 70.5 cm³/mol. The molecule has 0 saturated heterocycles. The number of aromatic hydroxyl groups is 2. The van der Waals surface area contributed by atoms with Gasteiger partial charge in [-0.05, 0) is 43.6 Å². The Morgan fingerprint density at radius 2 is 1.82 bits per heavy atom. The van der Waals surface area contributed by atoms with Crippen LogP contribution in [0.15, 0.2) is 18.2 Å². The Morgan fingerprint density at radius 3 is 2.41 bits per heavy atom. The number of likely N-dealkylation sites (N-methyl/N-ethyl adjacent to an activating group) is 1. The number of rotatable bonds is 7. The number of nitrogens with zero attached hydrogens (tertiary/aromatic N) is 1. The second-order valence-corrected chi connectivity index (χ2v) is 4.36. The average molecular weight is 237 g/mol. The molecule has 0 aliphatic carbocycles. The van der Waals surface area contributed by atoms with Crippen LogP contribution in [0.3, 0.4) is 0 Å². The average Bonchev–Trinajstić information content (AvgIpc) is 2.34. The van der Waals surface area contributed by atoms with Gasteiger partial charge in [-0.2, -0.15) is 0 Å². The van der Waals surface area contributed by atoms with E-state index >= 15 is 0 Å². The van der Waals surface area contributed by atoms with Gasteiger partial charge in [0.15, 0.2) is 11.5 Å². The molecule has 96 valence electrons. The molecule has 1 rings (SSSR count). The lowest BCUT2D eigenvalue weighted by Gasteiger charge is -2.19. The van der Waals surface area contributed by atoms with Gasteiger partial charge in [-0.15, -0.1) is 0 Å². The summed E-state index contributed by atoms with van der Waals surface area (Å²) in [6.45, 7) is 7.57. The molecule has 3 heteroatoms. The van der Waals surface area contributed by atoms with Gasteiger partial charge in [0.1, 0.15) is 0 Å². The minimum Gasteiger partial charge on any atom is -0.504 e. The SMILES string of the molecule is CCCCN(CC)CCc1ccc(O)c(O)c1. The van der Waals surface area contributed by atoms with Gasteiger partial charge < -0.3 is 15.1 Å². The van der Waals surface area contributed by atoms with E-state index in [1.807, 2.05) is 6.07 Å². The van der Waals surface area contributed by atoms with Gasteiger partial charge in [0.2, 0.25) is 0 Å². The van der Waals surface area contributed by atoms with Crippen LogP contribution in [-0.4, -0.2) is 34.7 Å². The number of hydrogen-bond donors (Lipinski definition) is 2. The highest BCUT2D eigenvalue weighted by atomic mass is 16.3. The molecule has 0 unspecified atom stereocenters. The summed E-state index contributed by atoms with van der Waals surface area (Å²) >= 11 is 0. The van der Waals surface area contributed by atoms with Crippen molar-refractivity contribution in [2.45, 2.75) is 33.1 Å². The number of phenolic OH excluding ortho intramolecular Hbond substituents is 2. The minimum absolute atomic E-state index is 0.0286. The van der Waals surface area contributed by atoms with Crippen LogP contribution in [0.5, 0.6) is 11.5 Å². The Labute approximate surface area is 104 Å². The van der Waals surface area contributed by atoms with Crippen molar-refractivity contribution in [2.75, 3.05) is 19.6 Å². The molecule has 0 atom stereocenters. The van der Waals surface area contributed by atoms with Crippen molar-refractivity contribution in [1.29, 1.82) is 0 Å². The van der Waals surface area contributed by atoms with E-state index in [4.69, 9.17) is 0 Å². The summed E-state index contributed by atoms with van der Waals surface area (Å²) in [5, 5.41) is 18.6. The van der Waals surface area contributed by atoms with Crippen LogP contribution < -0.4 is 0 Å². The van der Waals surface area contributed by atoms with Gasteiger partial charge in [0.05, 0.1) is 0 Å². The van der Waals surface area contributed by atoms with Crippen molar-refractivity contribution in [1.82, 2.24) is 4.90 Å². The first-order valence-electron chi connectivity index (χ1n) is 6.40. The molecule has 0 amide bonds. The van der Waals surface area contributed by atoms with Crippen LogP contribution in [0, 0.1) is 0 Å². The molecular weight excluding hydrogens is 214 g/mol. The molecule has 0 aromatic heterocycles. The lowest BCUT2D eigenvalue weighted by molar-refractivity contribution is 0.287. The number of benzene rings is 1. The standard InChI is InChI=1S/C14H23NO2/c1-3-5-9-15(4-2)10-8-12-6-7-13(16)14(17)11-12/h6-7,11,16-17H,3-5,8-10H2,1-2H3. The van der Waals surface area contributed by atoms with Crippen LogP contribution >= 0.6 is 0 Å². The van der Waals surface area contributed by atoms with Crippen molar-refractivity contribution < 1.29 is 10.2 Å². The van der Waals surface area contributed by atoms with Crippen molar-refractivity contribution in [2.24, 2.45) is 0 Å². The molecule has 0 saturated carbocycles. The van der Waals surface area contributed by atoms with Crippen molar-refractivity contribution >= 4 is 0 Å². The molecule has 0 radical (unpaired) electrons. The predicted octanol–water partition coefficient (Wildman–Crippen LogP) is 2.76. The third kappa shape index (κ3) is 4.65. The summed E-state index contributed by atoms with van der Waals surface area (Å²) in [5.74, 6) is -0.0776. The van der Waals surface area contributed by atoms with Gasteiger partial charge in [-0.3, -0.25) is 0 Å². The van der Waals surface area contributed by atoms with Gasteiger partial charge >= 0.3 is 0 Å². The Hall–Kier alpha value is -1.22. The number of unbranched alkanes of at least 4 members (excludes halogenated alkanes) is 1. The first-order valence-corrected chi connectivity index (χ1v) is 6.40. The van der Waals surface area contributed by atoms with Gasteiger partial charge in [0, 0.05) is 6.54 Å². The van der Waals surface area contributed by atoms with E-state index in [1.54, 1.807) is 12.1 Å². The van der Waals surface area contributed by atoms with Crippen LogP contribution in [0.4, 0.5) is 0 Å². The third-order valence-electron chi connectivity index (χ3n) is 3.03. The fraction of sp³-hybridized carbons (Fsp3) is 0.571. The lowest BCUT2D eigenvalue weighted by Crippen LogP contribution is -2.26. The molecule has 0 bridgehead atoms. The van der Waals surface area contributed by atoms with Crippen molar-refractivity contribution in [3.05, 3.63) is 23.8 Å². The summed E-state index contributed by atoms with van der Waals surface area (Å²) in [6, 6.07) is 5.05. The van der Waals surface area contributed by atoms with Crippen LogP contribution in [0.25, 0.3) is 0 Å². The highest BCUT2D eigenvalue weighted by Gasteiger charge is 2.04. The largest absolute Gasteiger partial charge is 0.504 e.